The molecule has 2 aromatic carbocycles. The van der Waals surface area contributed by atoms with Crippen LogP contribution in [0, 0.1) is 5.92 Å². The third-order valence-corrected chi connectivity index (χ3v) is 4.43. The van der Waals surface area contributed by atoms with Gasteiger partial charge in [-0.2, -0.15) is 0 Å². The van der Waals surface area contributed by atoms with E-state index in [1.165, 1.54) is 0 Å². The number of carbonyl (C=O) groups excluding carboxylic acids is 1. The molecule has 0 aromatic heterocycles. The van der Waals surface area contributed by atoms with Crippen molar-refractivity contribution in [1.29, 1.82) is 0 Å². The minimum absolute atomic E-state index is 0.0395. The summed E-state index contributed by atoms with van der Waals surface area (Å²) >= 11 is 3.50. The number of ketones is 1. The van der Waals surface area contributed by atoms with Crippen molar-refractivity contribution in [3.05, 3.63) is 42.0 Å². The van der Waals surface area contributed by atoms with Gasteiger partial charge >= 0.3 is 0 Å². The van der Waals surface area contributed by atoms with E-state index in [2.05, 4.69) is 22.9 Å². The van der Waals surface area contributed by atoms with Crippen molar-refractivity contribution < 1.29 is 9.53 Å². The molecule has 20 heavy (non-hydrogen) atoms. The first-order valence-corrected chi connectivity index (χ1v) is 8.01. The van der Waals surface area contributed by atoms with Gasteiger partial charge < -0.3 is 4.74 Å². The van der Waals surface area contributed by atoms with Crippen LogP contribution in [0.1, 0.15) is 30.6 Å². The SMILES string of the molecule is CCC(CBr)COc1c(C(C)=O)ccc2ccccc12. The predicted octanol–water partition coefficient (Wildman–Crippen LogP) is 4.84. The zero-order valence-electron chi connectivity index (χ0n) is 11.9. The summed E-state index contributed by atoms with van der Waals surface area (Å²) in [5.41, 5.74) is 0.660. The van der Waals surface area contributed by atoms with E-state index in [4.69, 9.17) is 4.74 Å². The molecule has 0 aliphatic heterocycles. The molecule has 1 atom stereocenters. The normalized spacial score (nSPS) is 12.3. The number of Topliss-reactive ketones (excluding diaryl/α,β-unsaturated/α-hetero) is 1. The van der Waals surface area contributed by atoms with Gasteiger partial charge in [0, 0.05) is 16.6 Å². The number of halogens is 1. The fraction of sp³-hybridized carbons (Fsp3) is 0.353. The smallest absolute Gasteiger partial charge is 0.163 e. The Hall–Kier alpha value is -1.35. The highest BCUT2D eigenvalue weighted by molar-refractivity contribution is 9.09. The maximum absolute atomic E-state index is 11.8. The highest BCUT2D eigenvalue weighted by atomic mass is 79.9. The molecule has 3 heteroatoms. The molecule has 0 bridgehead atoms. The van der Waals surface area contributed by atoms with E-state index in [1.807, 2.05) is 36.4 Å². The van der Waals surface area contributed by atoms with Crippen LogP contribution in [0.15, 0.2) is 36.4 Å². The summed E-state index contributed by atoms with van der Waals surface area (Å²) in [6.45, 7) is 4.35. The fourth-order valence-corrected chi connectivity index (χ4v) is 2.79. The molecule has 0 saturated carbocycles. The Morgan fingerprint density at radius 3 is 2.65 bits per heavy atom. The van der Waals surface area contributed by atoms with Crippen molar-refractivity contribution >= 4 is 32.5 Å². The number of hydrogen-bond acceptors (Lipinski definition) is 2. The Labute approximate surface area is 128 Å². The monoisotopic (exact) mass is 334 g/mol. The highest BCUT2D eigenvalue weighted by Crippen LogP contribution is 2.31. The molecule has 0 heterocycles. The highest BCUT2D eigenvalue weighted by Gasteiger charge is 2.14. The van der Waals surface area contributed by atoms with Crippen molar-refractivity contribution in [2.24, 2.45) is 5.92 Å². The lowest BCUT2D eigenvalue weighted by atomic mass is 10.0. The van der Waals surface area contributed by atoms with Crippen molar-refractivity contribution in [3.8, 4) is 5.75 Å². The molecule has 2 aromatic rings. The summed E-state index contributed by atoms with van der Waals surface area (Å²) in [6.07, 6.45) is 1.05. The zero-order valence-corrected chi connectivity index (χ0v) is 13.4. The van der Waals surface area contributed by atoms with Crippen LogP contribution in [-0.4, -0.2) is 17.7 Å². The average molecular weight is 335 g/mol. The van der Waals surface area contributed by atoms with Crippen LogP contribution in [0.3, 0.4) is 0 Å². The van der Waals surface area contributed by atoms with E-state index in [0.29, 0.717) is 18.1 Å². The van der Waals surface area contributed by atoms with Gasteiger partial charge in [-0.3, -0.25) is 4.79 Å². The number of rotatable bonds is 6. The third-order valence-electron chi connectivity index (χ3n) is 3.52. The number of fused-ring (bicyclic) bond motifs is 1. The number of hydrogen-bond donors (Lipinski definition) is 0. The first-order valence-electron chi connectivity index (χ1n) is 6.88. The lowest BCUT2D eigenvalue weighted by molar-refractivity contribution is 0.101. The molecule has 2 nitrogen and oxygen atoms in total. The van der Waals surface area contributed by atoms with Gasteiger partial charge in [-0.15, -0.1) is 0 Å². The van der Waals surface area contributed by atoms with Gasteiger partial charge in [0.25, 0.3) is 0 Å². The molecule has 0 saturated heterocycles. The van der Waals surface area contributed by atoms with Gasteiger partial charge in [0.05, 0.1) is 12.2 Å². The van der Waals surface area contributed by atoms with Crippen LogP contribution < -0.4 is 4.74 Å². The lowest BCUT2D eigenvalue weighted by Gasteiger charge is -2.17. The van der Waals surface area contributed by atoms with Crippen LogP contribution in [0.4, 0.5) is 0 Å². The van der Waals surface area contributed by atoms with Gasteiger partial charge in [0.1, 0.15) is 5.75 Å². The van der Waals surface area contributed by atoms with Gasteiger partial charge in [-0.05, 0) is 24.8 Å². The number of alkyl halides is 1. The van der Waals surface area contributed by atoms with E-state index in [-0.39, 0.29) is 5.78 Å². The second kappa shape index (κ2) is 6.89. The van der Waals surface area contributed by atoms with Crippen LogP contribution in [-0.2, 0) is 0 Å². The third kappa shape index (κ3) is 3.21. The first kappa shape index (κ1) is 15.0. The molecule has 0 fully saturated rings. The minimum atomic E-state index is 0.0395. The quantitative estimate of drug-likeness (QED) is 0.558. The molecule has 2 rings (SSSR count). The van der Waals surface area contributed by atoms with Crippen molar-refractivity contribution in [2.45, 2.75) is 20.3 Å². The summed E-state index contributed by atoms with van der Waals surface area (Å²) in [5.74, 6) is 1.21. The Morgan fingerprint density at radius 1 is 1.25 bits per heavy atom. The Balaban J connectivity index is 2.42. The Morgan fingerprint density at radius 2 is 2.00 bits per heavy atom. The second-order valence-corrected chi connectivity index (χ2v) is 5.61. The van der Waals surface area contributed by atoms with Crippen LogP contribution in [0.2, 0.25) is 0 Å². The van der Waals surface area contributed by atoms with Gasteiger partial charge in [0.2, 0.25) is 0 Å². The second-order valence-electron chi connectivity index (χ2n) is 4.96. The van der Waals surface area contributed by atoms with E-state index in [0.717, 1.165) is 28.3 Å². The number of ether oxygens (including phenoxy) is 1. The summed E-state index contributed by atoms with van der Waals surface area (Å²) < 4.78 is 6.00. The average Bonchev–Trinajstić information content (AvgIpc) is 2.47. The standard InChI is InChI=1S/C17H19BrO2/c1-3-13(10-18)11-20-17-15(12(2)19)9-8-14-6-4-5-7-16(14)17/h4-9,13H,3,10-11H2,1-2H3. The molecular formula is C17H19BrO2. The van der Waals surface area contributed by atoms with Gasteiger partial charge in [-0.1, -0.05) is 53.2 Å². The van der Waals surface area contributed by atoms with E-state index in [1.54, 1.807) is 6.92 Å². The summed E-state index contributed by atoms with van der Waals surface area (Å²) in [5, 5.41) is 3.01. The Kier molecular flexibility index (Phi) is 5.18. The van der Waals surface area contributed by atoms with Crippen LogP contribution in [0.5, 0.6) is 5.75 Å². The summed E-state index contributed by atoms with van der Waals surface area (Å²) in [7, 11) is 0. The van der Waals surface area contributed by atoms with E-state index in [9.17, 15) is 4.79 Å². The van der Waals surface area contributed by atoms with Gasteiger partial charge in [-0.25, -0.2) is 0 Å². The summed E-state index contributed by atoms with van der Waals surface area (Å²) in [6, 6.07) is 11.8. The van der Waals surface area contributed by atoms with E-state index < -0.39 is 0 Å². The van der Waals surface area contributed by atoms with Crippen molar-refractivity contribution in [2.75, 3.05) is 11.9 Å². The predicted molar refractivity (Wildman–Crippen MR) is 87.0 cm³/mol. The van der Waals surface area contributed by atoms with Crippen molar-refractivity contribution in [3.63, 3.8) is 0 Å². The van der Waals surface area contributed by atoms with Gasteiger partial charge in [0.15, 0.2) is 5.78 Å². The molecular weight excluding hydrogens is 316 g/mol. The number of carbonyl (C=O) groups is 1. The van der Waals surface area contributed by atoms with E-state index >= 15 is 0 Å². The molecule has 106 valence electrons. The van der Waals surface area contributed by atoms with Crippen molar-refractivity contribution in [1.82, 2.24) is 0 Å². The van der Waals surface area contributed by atoms with Crippen LogP contribution >= 0.6 is 15.9 Å². The zero-order chi connectivity index (χ0) is 14.5. The molecule has 0 radical (unpaired) electrons. The maximum Gasteiger partial charge on any atom is 0.163 e. The summed E-state index contributed by atoms with van der Waals surface area (Å²) in [4.78, 5) is 11.8. The van der Waals surface area contributed by atoms with Crippen LogP contribution in [0.25, 0.3) is 10.8 Å². The maximum atomic E-state index is 11.8. The first-order chi connectivity index (χ1) is 9.67. The topological polar surface area (TPSA) is 26.3 Å². The molecule has 0 spiro atoms. The Bertz CT molecular complexity index is 603. The molecule has 0 aliphatic rings. The molecule has 1 unspecified atom stereocenters. The molecule has 0 amide bonds. The molecule has 0 N–H and O–H groups in total. The largest absolute Gasteiger partial charge is 0.492 e. The molecule has 0 aliphatic carbocycles. The lowest BCUT2D eigenvalue weighted by Crippen LogP contribution is -2.14. The number of benzene rings is 2. The minimum Gasteiger partial charge on any atom is -0.492 e. The fourth-order valence-electron chi connectivity index (χ4n) is 2.15.